The Morgan fingerprint density at radius 2 is 2.07 bits per heavy atom. The topological polar surface area (TPSA) is 38.8 Å². The number of methoxy groups -OCH3 is 1. The normalized spacial score (nSPS) is 22.8. The summed E-state index contributed by atoms with van der Waals surface area (Å²) in [7, 11) is 1.44. The molecular weight excluding hydrogens is 182 g/mol. The van der Waals surface area contributed by atoms with E-state index in [1.165, 1.54) is 7.11 Å². The maximum absolute atomic E-state index is 11.7. The summed E-state index contributed by atoms with van der Waals surface area (Å²) < 4.78 is 10.1. The highest BCUT2D eigenvalue weighted by Gasteiger charge is 2.39. The molecule has 4 nitrogen and oxygen atoms in total. The molecule has 82 valence electrons. The lowest BCUT2D eigenvalue weighted by molar-refractivity contribution is -0.157. The van der Waals surface area contributed by atoms with Crippen molar-refractivity contribution in [3.63, 3.8) is 0 Å². The molecule has 1 aliphatic heterocycles. The molecule has 4 heteroatoms. The zero-order valence-electron chi connectivity index (χ0n) is 9.21. The van der Waals surface area contributed by atoms with Gasteiger partial charge in [-0.2, -0.15) is 0 Å². The number of hydrogen-bond donors (Lipinski definition) is 0. The molecule has 0 spiro atoms. The number of carbonyl (C=O) groups is 1. The summed E-state index contributed by atoms with van der Waals surface area (Å²) >= 11 is 0. The summed E-state index contributed by atoms with van der Waals surface area (Å²) in [5.41, 5.74) is -0.488. The molecule has 1 atom stereocenters. The van der Waals surface area contributed by atoms with Gasteiger partial charge in [-0.3, -0.25) is 9.69 Å². The molecule has 0 aromatic heterocycles. The van der Waals surface area contributed by atoms with E-state index in [9.17, 15) is 4.79 Å². The van der Waals surface area contributed by atoms with Crippen LogP contribution >= 0.6 is 0 Å². The van der Waals surface area contributed by atoms with Crippen molar-refractivity contribution >= 4 is 5.97 Å². The Hall–Kier alpha value is -0.610. The summed E-state index contributed by atoms with van der Waals surface area (Å²) in [5, 5.41) is 0. The second-order valence-corrected chi connectivity index (χ2v) is 3.72. The Kier molecular flexibility index (Phi) is 3.89. The van der Waals surface area contributed by atoms with Crippen LogP contribution in [0.4, 0.5) is 0 Å². The number of rotatable bonds is 3. The fraction of sp³-hybridized carbons (Fsp3) is 0.900. The van der Waals surface area contributed by atoms with E-state index in [4.69, 9.17) is 9.47 Å². The number of esters is 1. The minimum Gasteiger partial charge on any atom is -0.468 e. The van der Waals surface area contributed by atoms with E-state index in [0.29, 0.717) is 13.2 Å². The van der Waals surface area contributed by atoms with Crippen LogP contribution in [0.25, 0.3) is 0 Å². The Labute approximate surface area is 85.2 Å². The minimum atomic E-state index is -0.488. The van der Waals surface area contributed by atoms with Crippen LogP contribution in [0.15, 0.2) is 0 Å². The highest BCUT2D eigenvalue weighted by Crippen LogP contribution is 2.22. The molecular formula is C10H19NO3. The van der Waals surface area contributed by atoms with Gasteiger partial charge in [0.15, 0.2) is 0 Å². The van der Waals surface area contributed by atoms with Crippen LogP contribution in [0.5, 0.6) is 0 Å². The molecule has 0 bridgehead atoms. The van der Waals surface area contributed by atoms with Gasteiger partial charge in [-0.25, -0.2) is 0 Å². The second kappa shape index (κ2) is 4.75. The first-order chi connectivity index (χ1) is 6.65. The van der Waals surface area contributed by atoms with Crippen molar-refractivity contribution < 1.29 is 14.3 Å². The van der Waals surface area contributed by atoms with Crippen molar-refractivity contribution in [1.29, 1.82) is 0 Å². The van der Waals surface area contributed by atoms with Gasteiger partial charge in [-0.05, 0) is 13.3 Å². The lowest BCUT2D eigenvalue weighted by atomic mass is 9.96. The average Bonchev–Trinajstić information content (AvgIpc) is 2.28. The quantitative estimate of drug-likeness (QED) is 0.629. The number of morpholine rings is 1. The van der Waals surface area contributed by atoms with Crippen molar-refractivity contribution in [1.82, 2.24) is 4.90 Å². The van der Waals surface area contributed by atoms with Gasteiger partial charge in [0.25, 0.3) is 0 Å². The van der Waals surface area contributed by atoms with Crippen LogP contribution in [-0.4, -0.2) is 49.8 Å². The van der Waals surface area contributed by atoms with Crippen molar-refractivity contribution in [3.05, 3.63) is 0 Å². The molecule has 1 aliphatic rings. The van der Waals surface area contributed by atoms with E-state index in [0.717, 1.165) is 19.5 Å². The number of nitrogens with zero attached hydrogens (tertiary/aromatic N) is 1. The van der Waals surface area contributed by atoms with Gasteiger partial charge in [-0.15, -0.1) is 0 Å². The Morgan fingerprint density at radius 3 is 2.50 bits per heavy atom. The Bertz CT molecular complexity index is 202. The van der Waals surface area contributed by atoms with Crippen LogP contribution in [0, 0.1) is 0 Å². The third-order valence-corrected chi connectivity index (χ3v) is 3.02. The number of ether oxygens (including phenoxy) is 2. The highest BCUT2D eigenvalue weighted by molar-refractivity contribution is 5.80. The third-order valence-electron chi connectivity index (χ3n) is 3.02. The highest BCUT2D eigenvalue weighted by atomic mass is 16.5. The molecule has 0 aromatic carbocycles. The predicted molar refractivity (Wildman–Crippen MR) is 53.1 cm³/mol. The standard InChI is InChI=1S/C10H19NO3/c1-4-10(2,9(12)13-3)11-5-7-14-8-6-11/h4-8H2,1-3H3. The van der Waals surface area contributed by atoms with Gasteiger partial charge in [0.05, 0.1) is 20.3 Å². The molecule has 1 fully saturated rings. The van der Waals surface area contributed by atoms with E-state index in [-0.39, 0.29) is 5.97 Å². The summed E-state index contributed by atoms with van der Waals surface area (Å²) in [6.07, 6.45) is 0.764. The fourth-order valence-corrected chi connectivity index (χ4v) is 1.77. The van der Waals surface area contributed by atoms with E-state index in [2.05, 4.69) is 4.90 Å². The van der Waals surface area contributed by atoms with Gasteiger partial charge in [0.2, 0.25) is 0 Å². The lowest BCUT2D eigenvalue weighted by Crippen LogP contribution is -2.56. The molecule has 14 heavy (non-hydrogen) atoms. The number of hydrogen-bond acceptors (Lipinski definition) is 4. The van der Waals surface area contributed by atoms with Crippen LogP contribution in [0.2, 0.25) is 0 Å². The monoisotopic (exact) mass is 201 g/mol. The SMILES string of the molecule is CCC(C)(C(=O)OC)N1CCOCC1. The molecule has 0 aliphatic carbocycles. The van der Waals surface area contributed by atoms with Crippen molar-refractivity contribution in [3.8, 4) is 0 Å². The smallest absolute Gasteiger partial charge is 0.325 e. The van der Waals surface area contributed by atoms with Crippen LogP contribution in [0.1, 0.15) is 20.3 Å². The van der Waals surface area contributed by atoms with Gasteiger partial charge in [-0.1, -0.05) is 6.92 Å². The predicted octanol–water partition coefficient (Wildman–Crippen LogP) is 0.660. The molecule has 0 aromatic rings. The van der Waals surface area contributed by atoms with Crippen LogP contribution < -0.4 is 0 Å². The third kappa shape index (κ3) is 2.07. The molecule has 1 saturated heterocycles. The van der Waals surface area contributed by atoms with E-state index in [1.54, 1.807) is 0 Å². The Morgan fingerprint density at radius 1 is 1.50 bits per heavy atom. The van der Waals surface area contributed by atoms with Gasteiger partial charge in [0, 0.05) is 13.1 Å². The lowest BCUT2D eigenvalue weighted by Gasteiger charge is -2.40. The molecule has 1 heterocycles. The first-order valence-electron chi connectivity index (χ1n) is 5.06. The average molecular weight is 201 g/mol. The molecule has 1 unspecified atom stereocenters. The number of carbonyl (C=O) groups excluding carboxylic acids is 1. The molecule has 1 rings (SSSR count). The molecule has 0 saturated carbocycles. The van der Waals surface area contributed by atoms with Gasteiger partial charge >= 0.3 is 5.97 Å². The van der Waals surface area contributed by atoms with E-state index < -0.39 is 5.54 Å². The van der Waals surface area contributed by atoms with Crippen LogP contribution in [0.3, 0.4) is 0 Å². The fourth-order valence-electron chi connectivity index (χ4n) is 1.77. The van der Waals surface area contributed by atoms with E-state index >= 15 is 0 Å². The maximum Gasteiger partial charge on any atom is 0.325 e. The van der Waals surface area contributed by atoms with E-state index in [1.807, 2.05) is 13.8 Å². The van der Waals surface area contributed by atoms with Gasteiger partial charge in [0.1, 0.15) is 5.54 Å². The summed E-state index contributed by atoms with van der Waals surface area (Å²) in [6.45, 7) is 6.95. The van der Waals surface area contributed by atoms with Crippen molar-refractivity contribution in [2.75, 3.05) is 33.4 Å². The first kappa shape index (κ1) is 11.5. The van der Waals surface area contributed by atoms with Crippen molar-refractivity contribution in [2.24, 2.45) is 0 Å². The van der Waals surface area contributed by atoms with Gasteiger partial charge < -0.3 is 9.47 Å². The first-order valence-corrected chi connectivity index (χ1v) is 5.06. The second-order valence-electron chi connectivity index (χ2n) is 3.72. The Balaban J connectivity index is 2.71. The van der Waals surface area contributed by atoms with Crippen LogP contribution in [-0.2, 0) is 14.3 Å². The zero-order chi connectivity index (χ0) is 10.6. The summed E-state index contributed by atoms with van der Waals surface area (Å²) in [4.78, 5) is 13.8. The van der Waals surface area contributed by atoms with Crippen molar-refractivity contribution in [2.45, 2.75) is 25.8 Å². The minimum absolute atomic E-state index is 0.151. The molecule has 0 radical (unpaired) electrons. The maximum atomic E-state index is 11.7. The molecule has 0 amide bonds. The summed E-state index contributed by atoms with van der Waals surface area (Å²) in [5.74, 6) is -0.151. The molecule has 0 N–H and O–H groups in total. The zero-order valence-corrected chi connectivity index (χ0v) is 9.21. The largest absolute Gasteiger partial charge is 0.468 e. The summed E-state index contributed by atoms with van der Waals surface area (Å²) in [6, 6.07) is 0.